The molecular weight excluding hydrogens is 372 g/mol. The van der Waals surface area contributed by atoms with E-state index in [9.17, 15) is 10.1 Å². The molecule has 0 bridgehead atoms. The molecule has 1 aliphatic heterocycles. The molecule has 1 aliphatic carbocycles. The average Bonchev–Trinajstić information content (AvgIpc) is 3.17. The number of hydrogen-bond acceptors (Lipinski definition) is 7. The van der Waals surface area contributed by atoms with Gasteiger partial charge in [-0.3, -0.25) is 10.1 Å². The maximum Gasteiger partial charge on any atom is 0.271 e. The monoisotopic (exact) mass is 390 g/mol. The van der Waals surface area contributed by atoms with Gasteiger partial charge in [0.2, 0.25) is 5.82 Å². The van der Waals surface area contributed by atoms with Crippen LogP contribution in [0.4, 0.5) is 11.4 Å². The number of non-ortho nitro benzene ring substituents is 1. The lowest BCUT2D eigenvalue weighted by Crippen LogP contribution is -2.20. The molecule has 9 heteroatoms. The van der Waals surface area contributed by atoms with E-state index in [4.69, 9.17) is 9.73 Å². The van der Waals surface area contributed by atoms with Crippen LogP contribution in [0.2, 0.25) is 0 Å². The topological polar surface area (TPSA) is 108 Å². The fourth-order valence-corrected chi connectivity index (χ4v) is 3.93. The Morgan fingerprint density at radius 3 is 2.72 bits per heavy atom. The van der Waals surface area contributed by atoms with Crippen LogP contribution in [-0.4, -0.2) is 30.8 Å². The number of para-hydroxylation sites is 1. The lowest BCUT2D eigenvalue weighted by molar-refractivity contribution is -0.384. The van der Waals surface area contributed by atoms with Crippen molar-refractivity contribution in [3.05, 3.63) is 64.0 Å². The number of fused-ring (bicyclic) bond motifs is 2. The van der Waals surface area contributed by atoms with Gasteiger partial charge in [-0.2, -0.15) is 0 Å². The number of aromatic nitrogens is 4. The summed E-state index contributed by atoms with van der Waals surface area (Å²) in [5.74, 6) is 1.61. The summed E-state index contributed by atoms with van der Waals surface area (Å²) < 4.78 is 7.88. The van der Waals surface area contributed by atoms with Crippen molar-refractivity contribution in [2.45, 2.75) is 38.1 Å². The minimum atomic E-state index is -0.445. The number of hydrogen-bond donors (Lipinski definition) is 0. The molecule has 0 N–H and O–H groups in total. The van der Waals surface area contributed by atoms with Crippen LogP contribution in [0.3, 0.4) is 0 Å². The molecule has 0 spiro atoms. The van der Waals surface area contributed by atoms with Gasteiger partial charge in [0.1, 0.15) is 17.1 Å². The Bertz CT molecular complexity index is 1120. The summed E-state index contributed by atoms with van der Waals surface area (Å²) >= 11 is 0. The summed E-state index contributed by atoms with van der Waals surface area (Å²) in [5.41, 5.74) is 1.63. The Morgan fingerprint density at radius 1 is 1.07 bits per heavy atom. The summed E-state index contributed by atoms with van der Waals surface area (Å²) in [6.45, 7) is 0. The van der Waals surface area contributed by atoms with Crippen LogP contribution in [0, 0.1) is 10.1 Å². The molecule has 2 aliphatic rings. The van der Waals surface area contributed by atoms with Crippen molar-refractivity contribution in [2.24, 2.45) is 4.99 Å². The molecule has 3 aromatic rings. The van der Waals surface area contributed by atoms with Gasteiger partial charge in [0, 0.05) is 17.7 Å². The molecule has 2 heterocycles. The van der Waals surface area contributed by atoms with E-state index in [2.05, 4.69) is 15.5 Å². The third-order valence-corrected chi connectivity index (χ3v) is 5.37. The normalized spacial score (nSPS) is 16.2. The van der Waals surface area contributed by atoms with Gasteiger partial charge < -0.3 is 4.74 Å². The van der Waals surface area contributed by atoms with Crippen LogP contribution in [0.5, 0.6) is 11.5 Å². The number of rotatable bonds is 3. The van der Waals surface area contributed by atoms with E-state index in [1.807, 2.05) is 28.9 Å². The lowest BCUT2D eigenvalue weighted by atomic mass is 9.95. The van der Waals surface area contributed by atoms with E-state index in [1.165, 1.54) is 18.6 Å². The van der Waals surface area contributed by atoms with Gasteiger partial charge in [-0.25, -0.2) is 9.67 Å². The van der Waals surface area contributed by atoms with E-state index < -0.39 is 4.92 Å². The third kappa shape index (κ3) is 3.14. The number of tetrazole rings is 1. The summed E-state index contributed by atoms with van der Waals surface area (Å²) in [6, 6.07) is 12.1. The number of ether oxygens (including phenoxy) is 1. The molecule has 146 valence electrons. The zero-order chi connectivity index (χ0) is 19.8. The number of benzene rings is 2. The summed E-state index contributed by atoms with van der Waals surface area (Å²) in [6.07, 6.45) is 5.55. The third-order valence-electron chi connectivity index (χ3n) is 5.37. The standard InChI is InChI=1S/C20H18N6O3/c27-26(28)14-10-11-18-16(12-14)21-19(15-8-4-5-9-17(15)29-18)20-22-23-24-25(20)13-6-2-1-3-7-13/h4-5,8-13H,1-3,6-7H2. The van der Waals surface area contributed by atoms with E-state index in [0.29, 0.717) is 28.7 Å². The first-order valence-electron chi connectivity index (χ1n) is 9.63. The molecule has 1 saturated carbocycles. The highest BCUT2D eigenvalue weighted by atomic mass is 16.6. The Labute approximate surface area is 166 Å². The highest BCUT2D eigenvalue weighted by molar-refractivity contribution is 6.14. The maximum atomic E-state index is 11.2. The van der Waals surface area contributed by atoms with E-state index in [0.717, 1.165) is 31.2 Å². The smallest absolute Gasteiger partial charge is 0.271 e. The molecule has 0 saturated heterocycles. The van der Waals surface area contributed by atoms with Gasteiger partial charge in [-0.15, -0.1) is 5.10 Å². The highest BCUT2D eigenvalue weighted by Crippen LogP contribution is 2.40. The highest BCUT2D eigenvalue weighted by Gasteiger charge is 2.28. The first kappa shape index (κ1) is 17.5. The van der Waals surface area contributed by atoms with Gasteiger partial charge in [-0.05, 0) is 41.5 Å². The van der Waals surface area contributed by atoms with Crippen LogP contribution in [0.25, 0.3) is 0 Å². The number of aliphatic imine (C=N–C) groups is 1. The maximum absolute atomic E-state index is 11.2. The molecule has 5 rings (SSSR count). The summed E-state index contributed by atoms with van der Waals surface area (Å²) in [5, 5.41) is 23.7. The zero-order valence-electron chi connectivity index (χ0n) is 15.6. The van der Waals surface area contributed by atoms with Crippen LogP contribution < -0.4 is 4.74 Å². The van der Waals surface area contributed by atoms with Gasteiger partial charge in [0.15, 0.2) is 5.75 Å². The molecule has 1 fully saturated rings. The van der Waals surface area contributed by atoms with Crippen molar-refractivity contribution in [2.75, 3.05) is 0 Å². The van der Waals surface area contributed by atoms with Crippen molar-refractivity contribution >= 4 is 17.1 Å². The van der Waals surface area contributed by atoms with E-state index >= 15 is 0 Å². The second-order valence-electron chi connectivity index (χ2n) is 7.21. The number of nitro groups is 1. The van der Waals surface area contributed by atoms with Crippen LogP contribution in [-0.2, 0) is 0 Å². The molecule has 0 atom stereocenters. The molecule has 29 heavy (non-hydrogen) atoms. The van der Waals surface area contributed by atoms with E-state index in [-0.39, 0.29) is 11.7 Å². The molecule has 0 amide bonds. The summed E-state index contributed by atoms with van der Waals surface area (Å²) in [4.78, 5) is 15.5. The fourth-order valence-electron chi connectivity index (χ4n) is 3.93. The molecule has 1 aromatic heterocycles. The second-order valence-corrected chi connectivity index (χ2v) is 7.21. The summed E-state index contributed by atoms with van der Waals surface area (Å²) in [7, 11) is 0. The number of nitrogens with zero attached hydrogens (tertiary/aromatic N) is 6. The molecule has 9 nitrogen and oxygen atoms in total. The van der Waals surface area contributed by atoms with Crippen molar-refractivity contribution < 1.29 is 9.66 Å². The number of nitro benzene ring substituents is 1. The Hall–Kier alpha value is -3.62. The van der Waals surface area contributed by atoms with Gasteiger partial charge in [0.25, 0.3) is 5.69 Å². The molecular formula is C20H18N6O3. The van der Waals surface area contributed by atoms with Crippen molar-refractivity contribution in [1.82, 2.24) is 20.2 Å². The van der Waals surface area contributed by atoms with Crippen molar-refractivity contribution in [3.63, 3.8) is 0 Å². The molecule has 2 aromatic carbocycles. The quantitative estimate of drug-likeness (QED) is 0.380. The Kier molecular flexibility index (Phi) is 4.27. The van der Waals surface area contributed by atoms with Crippen LogP contribution >= 0.6 is 0 Å². The molecule has 0 radical (unpaired) electrons. The van der Waals surface area contributed by atoms with Gasteiger partial charge in [0.05, 0.1) is 11.0 Å². The van der Waals surface area contributed by atoms with Crippen molar-refractivity contribution in [1.29, 1.82) is 0 Å². The zero-order valence-corrected chi connectivity index (χ0v) is 15.6. The Morgan fingerprint density at radius 2 is 1.90 bits per heavy atom. The second kappa shape index (κ2) is 7.08. The van der Waals surface area contributed by atoms with Gasteiger partial charge in [-0.1, -0.05) is 31.4 Å². The Balaban J connectivity index is 1.69. The fraction of sp³-hybridized carbons (Fsp3) is 0.300. The SMILES string of the molecule is O=[N+]([O-])c1ccc2c(c1)N=C(c1nnnn1C1CCCCC1)c1ccccc1O2. The first-order valence-corrected chi connectivity index (χ1v) is 9.63. The molecule has 0 unspecified atom stereocenters. The minimum absolute atomic E-state index is 0.0479. The average molecular weight is 390 g/mol. The van der Waals surface area contributed by atoms with E-state index in [1.54, 1.807) is 6.07 Å². The largest absolute Gasteiger partial charge is 0.454 e. The van der Waals surface area contributed by atoms with Crippen LogP contribution in [0.1, 0.15) is 49.5 Å². The van der Waals surface area contributed by atoms with Crippen LogP contribution in [0.15, 0.2) is 47.5 Å². The lowest BCUT2D eigenvalue weighted by Gasteiger charge is -2.22. The van der Waals surface area contributed by atoms with Crippen molar-refractivity contribution in [3.8, 4) is 11.5 Å². The predicted octanol–water partition coefficient (Wildman–Crippen LogP) is 4.36. The van der Waals surface area contributed by atoms with Gasteiger partial charge >= 0.3 is 0 Å². The minimum Gasteiger partial charge on any atom is -0.454 e. The first-order chi connectivity index (χ1) is 14.2. The predicted molar refractivity (Wildman–Crippen MR) is 105 cm³/mol.